The second-order valence-corrected chi connectivity index (χ2v) is 21.3. The van der Waals surface area contributed by atoms with Gasteiger partial charge in [0.25, 0.3) is 0 Å². The number of fused-ring (bicyclic) bond motifs is 4. The molecule has 6 nitrogen and oxygen atoms in total. The van der Waals surface area contributed by atoms with E-state index in [1.807, 2.05) is 36.5 Å². The molecule has 6 aromatic carbocycles. The smallest absolute Gasteiger partial charge is 0.139 e. The van der Waals surface area contributed by atoms with Crippen LogP contribution in [0.1, 0.15) is 105 Å². The van der Waals surface area contributed by atoms with Crippen LogP contribution in [-0.2, 0) is 42.7 Å². The van der Waals surface area contributed by atoms with Gasteiger partial charge in [-0.3, -0.25) is 0 Å². The molecule has 0 radical (unpaired) electrons. The van der Waals surface area contributed by atoms with Gasteiger partial charge in [0.15, 0.2) is 0 Å². The van der Waals surface area contributed by atoms with Gasteiger partial charge in [0.1, 0.15) is 17.3 Å². The van der Waals surface area contributed by atoms with Crippen LogP contribution in [0.3, 0.4) is 0 Å². The third-order valence-electron chi connectivity index (χ3n) is 12.2. The summed E-state index contributed by atoms with van der Waals surface area (Å²) in [7, 11) is 0. The topological polar surface area (TPSA) is 42.8 Å². The average Bonchev–Trinajstić information content (AvgIpc) is 3.79. The van der Waals surface area contributed by atoms with E-state index < -0.39 is 0 Å². The number of para-hydroxylation sites is 3. The van der Waals surface area contributed by atoms with Crippen LogP contribution < -0.4 is 19.3 Å². The van der Waals surface area contributed by atoms with Crippen LogP contribution in [0.15, 0.2) is 134 Å². The van der Waals surface area contributed by atoms with Gasteiger partial charge >= 0.3 is 0 Å². The number of benzene rings is 6. The molecule has 0 amide bonds. The molecular weight excluding hydrogens is 980 g/mol. The van der Waals surface area contributed by atoms with Crippen molar-refractivity contribution in [2.45, 2.75) is 105 Å². The van der Waals surface area contributed by atoms with Crippen LogP contribution in [0.25, 0.3) is 27.6 Å². The first kappa shape index (κ1) is 45.7. The molecular formula is C58H59N4O2Pt-3. The van der Waals surface area contributed by atoms with Crippen LogP contribution in [0.2, 0.25) is 0 Å². The van der Waals surface area contributed by atoms with Crippen molar-refractivity contribution in [1.82, 2.24) is 9.55 Å². The summed E-state index contributed by atoms with van der Waals surface area (Å²) in [6.07, 6.45) is 1.81. The van der Waals surface area contributed by atoms with Crippen molar-refractivity contribution in [1.29, 1.82) is 0 Å². The van der Waals surface area contributed by atoms with E-state index in [9.17, 15) is 0 Å². The van der Waals surface area contributed by atoms with Crippen molar-refractivity contribution < 1.29 is 30.5 Å². The van der Waals surface area contributed by atoms with E-state index in [-0.39, 0.29) is 42.7 Å². The first-order valence-corrected chi connectivity index (χ1v) is 22.4. The van der Waals surface area contributed by atoms with Gasteiger partial charge in [-0.2, -0.15) is 12.1 Å². The maximum atomic E-state index is 6.66. The van der Waals surface area contributed by atoms with Crippen LogP contribution in [0.4, 0.5) is 22.7 Å². The van der Waals surface area contributed by atoms with Gasteiger partial charge in [-0.05, 0) is 97.8 Å². The molecule has 0 saturated carbocycles. The van der Waals surface area contributed by atoms with E-state index >= 15 is 0 Å². The third-order valence-corrected chi connectivity index (χ3v) is 12.2. The van der Waals surface area contributed by atoms with Gasteiger partial charge < -0.3 is 23.8 Å². The molecule has 1 aliphatic heterocycles. The average molecular weight is 1040 g/mol. The van der Waals surface area contributed by atoms with Gasteiger partial charge in [0.2, 0.25) is 0 Å². The Morgan fingerprint density at radius 3 is 1.69 bits per heavy atom. The summed E-state index contributed by atoms with van der Waals surface area (Å²) in [5, 5.41) is 2.15. The molecule has 0 N–H and O–H groups in total. The maximum absolute atomic E-state index is 6.66. The molecule has 7 heteroatoms. The fraction of sp³-hybridized carbons (Fsp3) is 0.276. The van der Waals surface area contributed by atoms with E-state index in [4.69, 9.17) is 14.5 Å². The number of anilines is 4. The van der Waals surface area contributed by atoms with Gasteiger partial charge in [-0.1, -0.05) is 131 Å². The third kappa shape index (κ3) is 9.21. The summed E-state index contributed by atoms with van der Waals surface area (Å²) in [6, 6.07) is 51.8. The predicted octanol–water partition coefficient (Wildman–Crippen LogP) is 16.0. The Kier molecular flexibility index (Phi) is 11.9. The number of nitrogens with zero attached hydrogens (tertiary/aromatic N) is 4. The number of aromatic nitrogens is 2. The minimum Gasteiger partial charge on any atom is -0.509 e. The molecule has 1 aliphatic rings. The Morgan fingerprint density at radius 2 is 1.06 bits per heavy atom. The van der Waals surface area contributed by atoms with E-state index in [0.717, 1.165) is 56.1 Å². The second kappa shape index (κ2) is 16.9. The van der Waals surface area contributed by atoms with Crippen molar-refractivity contribution in [3.05, 3.63) is 175 Å². The molecule has 8 aromatic rings. The van der Waals surface area contributed by atoms with Gasteiger partial charge in [-0.15, -0.1) is 48.1 Å². The Hall–Kier alpha value is -5.84. The van der Waals surface area contributed by atoms with Crippen molar-refractivity contribution in [2.24, 2.45) is 0 Å². The quantitative estimate of drug-likeness (QED) is 0.149. The van der Waals surface area contributed by atoms with Crippen LogP contribution in [0, 0.1) is 18.8 Å². The Bertz CT molecular complexity index is 2980. The molecule has 0 fully saturated rings. The molecule has 65 heavy (non-hydrogen) atoms. The van der Waals surface area contributed by atoms with Crippen molar-refractivity contribution >= 4 is 44.6 Å². The number of pyridine rings is 1. The summed E-state index contributed by atoms with van der Waals surface area (Å²) < 4.78 is 15.4. The summed E-state index contributed by atoms with van der Waals surface area (Å²) in [4.78, 5) is 9.37. The molecule has 3 heterocycles. The molecule has 0 aliphatic carbocycles. The zero-order valence-corrected chi connectivity index (χ0v) is 42.0. The van der Waals surface area contributed by atoms with Crippen LogP contribution >= 0.6 is 0 Å². The predicted molar refractivity (Wildman–Crippen MR) is 266 cm³/mol. The Morgan fingerprint density at radius 1 is 0.492 bits per heavy atom. The minimum absolute atomic E-state index is 0. The summed E-state index contributed by atoms with van der Waals surface area (Å²) in [6.45, 7) is 29.3. The molecule has 9 rings (SSSR count). The normalized spacial score (nSPS) is 13.3. The van der Waals surface area contributed by atoms with Gasteiger partial charge in [-0.25, -0.2) is 4.98 Å². The Balaban J connectivity index is 0.00000576. The zero-order chi connectivity index (χ0) is 45.3. The fourth-order valence-electron chi connectivity index (χ4n) is 8.30. The number of hydrogen-bond donors (Lipinski definition) is 0. The number of ether oxygens (including phenoxy) is 2. The first-order valence-electron chi connectivity index (χ1n) is 22.4. The molecule has 336 valence electrons. The van der Waals surface area contributed by atoms with E-state index in [1.54, 1.807) is 0 Å². The monoisotopic (exact) mass is 1040 g/mol. The fourth-order valence-corrected chi connectivity index (χ4v) is 8.30. The SMILES string of the molecule is CC(C)(C)c1cc(Oc2ccnc(-n3c4[c-]c(Oc5[c-]c(N6[CH-]N(c7cc(C(C)(C)C)cc(C(C)(C)C)c7)c7ccccc76)ccc5)ccc4c4ccccc43)c2)cc(C(C)(C)C)c1.[Pt]. The molecule has 2 aromatic heterocycles. The van der Waals surface area contributed by atoms with Crippen molar-refractivity contribution in [3.8, 4) is 28.8 Å². The molecule has 0 spiro atoms. The number of hydrogen-bond acceptors (Lipinski definition) is 5. The zero-order valence-electron chi connectivity index (χ0n) is 39.7. The standard InChI is InChI=1S/C58H59N4O2.Pt/c1-55(2,3)38-28-39(56(4,5)6)31-43(30-38)61-37-60(51-22-15-16-23-52(51)61)42-18-17-19-44(34-42)63-45-24-25-49-48-20-13-14-21-50(48)62(53(49)35-45)54-36-46(26-27-59-54)64-47-32-40(57(7,8)9)29-41(33-47)58(10,11)12;/h13-33,36-37H,1-12H3;/q-3;. The molecule has 0 bridgehead atoms. The van der Waals surface area contributed by atoms with Crippen LogP contribution in [0.5, 0.6) is 23.0 Å². The van der Waals surface area contributed by atoms with Gasteiger partial charge in [0, 0.05) is 67.4 Å². The number of rotatable bonds is 7. The van der Waals surface area contributed by atoms with Crippen molar-refractivity contribution in [3.63, 3.8) is 0 Å². The summed E-state index contributed by atoms with van der Waals surface area (Å²) >= 11 is 0. The molecule has 0 saturated heterocycles. The minimum atomic E-state index is -0.0322. The second-order valence-electron chi connectivity index (χ2n) is 21.3. The molecule has 0 unspecified atom stereocenters. The van der Waals surface area contributed by atoms with Crippen LogP contribution in [-0.4, -0.2) is 9.55 Å². The largest absolute Gasteiger partial charge is 0.509 e. The van der Waals surface area contributed by atoms with Crippen molar-refractivity contribution in [2.75, 3.05) is 9.80 Å². The van der Waals surface area contributed by atoms with E-state index in [0.29, 0.717) is 17.2 Å². The molecule has 0 atom stereocenters. The van der Waals surface area contributed by atoms with E-state index in [2.05, 4.69) is 213 Å². The maximum Gasteiger partial charge on any atom is 0.139 e. The first-order chi connectivity index (χ1) is 30.2. The Labute approximate surface area is 400 Å². The van der Waals surface area contributed by atoms with Gasteiger partial charge in [0.05, 0.1) is 0 Å². The summed E-state index contributed by atoms with van der Waals surface area (Å²) in [5.74, 6) is 3.41. The van der Waals surface area contributed by atoms with E-state index in [1.165, 1.54) is 22.3 Å². The summed E-state index contributed by atoms with van der Waals surface area (Å²) in [5.41, 5.74) is 11.1.